The van der Waals surface area contributed by atoms with Gasteiger partial charge in [-0.1, -0.05) is 36.2 Å². The number of aromatic nitrogens is 1. The van der Waals surface area contributed by atoms with Crippen LogP contribution in [0.2, 0.25) is 10.0 Å². The van der Waals surface area contributed by atoms with E-state index in [-0.39, 0.29) is 17.3 Å². The van der Waals surface area contributed by atoms with Gasteiger partial charge in [0.1, 0.15) is 11.4 Å². The molecule has 2 heterocycles. The van der Waals surface area contributed by atoms with Crippen molar-refractivity contribution < 1.29 is 9.59 Å². The number of halogens is 2. The number of anilines is 1. The molecule has 1 aliphatic heterocycles. The third kappa shape index (κ3) is 4.34. The fraction of sp³-hybridized carbons (Fsp3) is 0.316. The first-order valence-corrected chi connectivity index (χ1v) is 9.22. The van der Waals surface area contributed by atoms with Gasteiger partial charge in [0.15, 0.2) is 0 Å². The summed E-state index contributed by atoms with van der Waals surface area (Å²) in [6.07, 6.45) is 1.97. The molecule has 1 saturated heterocycles. The van der Waals surface area contributed by atoms with Gasteiger partial charge in [-0.15, -0.1) is 0 Å². The maximum Gasteiger partial charge on any atom is 0.274 e. The van der Waals surface area contributed by atoms with Crippen LogP contribution in [-0.4, -0.2) is 34.8 Å². The number of rotatable bonds is 3. The van der Waals surface area contributed by atoms with Crippen LogP contribution in [0.4, 0.5) is 5.69 Å². The Hall–Kier alpha value is -2.11. The number of benzene rings is 1. The van der Waals surface area contributed by atoms with Crippen molar-refractivity contribution in [1.82, 2.24) is 9.88 Å². The lowest BCUT2D eigenvalue weighted by atomic mass is 9.99. The molecule has 1 fully saturated rings. The summed E-state index contributed by atoms with van der Waals surface area (Å²) in [5, 5.41) is 3.51. The van der Waals surface area contributed by atoms with Crippen LogP contribution >= 0.6 is 23.2 Å². The Bertz CT molecular complexity index is 833. The second-order valence-electron chi connectivity index (χ2n) is 6.46. The maximum absolute atomic E-state index is 12.6. The molecule has 5 nitrogen and oxygen atoms in total. The number of carbonyl (C=O) groups is 2. The van der Waals surface area contributed by atoms with E-state index in [2.05, 4.69) is 17.2 Å². The van der Waals surface area contributed by atoms with Gasteiger partial charge in [-0.25, -0.2) is 4.98 Å². The second kappa shape index (κ2) is 8.06. The number of piperidine rings is 1. The smallest absolute Gasteiger partial charge is 0.274 e. The van der Waals surface area contributed by atoms with Crippen molar-refractivity contribution in [3.63, 3.8) is 0 Å². The predicted molar refractivity (Wildman–Crippen MR) is 103 cm³/mol. The highest BCUT2D eigenvalue weighted by atomic mass is 35.5. The standard InChI is InChI=1S/C19H19Cl2N3O2/c1-12-7-9-24(10-8-12)19(26)16-4-2-3-15(22-16)18(25)23-17-11-13(20)5-6-14(17)21/h2-6,11-12H,7-10H2,1H3,(H,23,25). The summed E-state index contributed by atoms with van der Waals surface area (Å²) >= 11 is 12.0. The SMILES string of the molecule is CC1CCN(C(=O)c2cccc(C(=O)Nc3cc(Cl)ccc3Cl)n2)CC1. The van der Waals surface area contributed by atoms with Gasteiger partial charge in [0.2, 0.25) is 0 Å². The Morgan fingerprint density at radius 2 is 1.81 bits per heavy atom. The van der Waals surface area contributed by atoms with E-state index in [1.54, 1.807) is 41.3 Å². The number of nitrogens with zero attached hydrogens (tertiary/aromatic N) is 2. The van der Waals surface area contributed by atoms with Crippen molar-refractivity contribution in [2.45, 2.75) is 19.8 Å². The number of hydrogen-bond donors (Lipinski definition) is 1. The molecule has 0 unspecified atom stereocenters. The van der Waals surface area contributed by atoms with Crippen molar-refractivity contribution in [2.75, 3.05) is 18.4 Å². The second-order valence-corrected chi connectivity index (χ2v) is 7.30. The molecule has 136 valence electrons. The van der Waals surface area contributed by atoms with E-state index < -0.39 is 5.91 Å². The molecule has 0 saturated carbocycles. The van der Waals surface area contributed by atoms with Crippen LogP contribution in [0, 0.1) is 5.92 Å². The highest BCUT2D eigenvalue weighted by Crippen LogP contribution is 2.26. The van der Waals surface area contributed by atoms with Gasteiger partial charge in [0.25, 0.3) is 11.8 Å². The Morgan fingerprint density at radius 1 is 1.12 bits per heavy atom. The lowest BCUT2D eigenvalue weighted by Crippen LogP contribution is -2.38. The molecular weight excluding hydrogens is 373 g/mol. The number of amides is 2. The Balaban J connectivity index is 1.75. The van der Waals surface area contributed by atoms with Gasteiger partial charge in [0.05, 0.1) is 10.7 Å². The van der Waals surface area contributed by atoms with Crippen LogP contribution in [0.3, 0.4) is 0 Å². The van der Waals surface area contributed by atoms with E-state index in [4.69, 9.17) is 23.2 Å². The minimum atomic E-state index is -0.448. The van der Waals surface area contributed by atoms with E-state index in [0.29, 0.717) is 21.7 Å². The third-order valence-electron chi connectivity index (χ3n) is 4.45. The predicted octanol–water partition coefficient (Wildman–Crippen LogP) is 4.51. The van der Waals surface area contributed by atoms with Crippen LogP contribution in [-0.2, 0) is 0 Å². The fourth-order valence-electron chi connectivity index (χ4n) is 2.83. The largest absolute Gasteiger partial charge is 0.337 e. The molecule has 3 rings (SSSR count). The zero-order chi connectivity index (χ0) is 18.7. The van der Waals surface area contributed by atoms with Gasteiger partial charge in [-0.2, -0.15) is 0 Å². The topological polar surface area (TPSA) is 62.3 Å². The maximum atomic E-state index is 12.6. The average Bonchev–Trinajstić information content (AvgIpc) is 2.65. The van der Waals surface area contributed by atoms with E-state index in [1.165, 1.54) is 0 Å². The normalized spacial score (nSPS) is 15.0. The first kappa shape index (κ1) is 18.7. The van der Waals surface area contributed by atoms with E-state index in [0.717, 1.165) is 25.9 Å². The third-order valence-corrected chi connectivity index (χ3v) is 5.01. The summed E-state index contributed by atoms with van der Waals surface area (Å²) in [5.41, 5.74) is 0.814. The van der Waals surface area contributed by atoms with Gasteiger partial charge >= 0.3 is 0 Å². The van der Waals surface area contributed by atoms with Crippen molar-refractivity contribution in [3.05, 3.63) is 57.8 Å². The molecule has 26 heavy (non-hydrogen) atoms. The zero-order valence-corrected chi connectivity index (χ0v) is 15.8. The zero-order valence-electron chi connectivity index (χ0n) is 14.3. The molecule has 2 amide bonds. The van der Waals surface area contributed by atoms with Crippen molar-refractivity contribution >= 4 is 40.7 Å². The molecule has 7 heteroatoms. The lowest BCUT2D eigenvalue weighted by Gasteiger charge is -2.30. The first-order chi connectivity index (χ1) is 12.4. The van der Waals surface area contributed by atoms with E-state index in [1.807, 2.05) is 0 Å². The van der Waals surface area contributed by atoms with Gasteiger partial charge in [-0.3, -0.25) is 9.59 Å². The molecule has 1 aliphatic rings. The Labute approximate surface area is 162 Å². The Morgan fingerprint density at radius 3 is 2.54 bits per heavy atom. The summed E-state index contributed by atoms with van der Waals surface area (Å²) < 4.78 is 0. The summed E-state index contributed by atoms with van der Waals surface area (Å²) in [4.78, 5) is 31.1. The van der Waals surface area contributed by atoms with Crippen molar-refractivity contribution in [3.8, 4) is 0 Å². The molecule has 0 radical (unpaired) electrons. The number of nitrogens with one attached hydrogen (secondary N) is 1. The van der Waals surface area contributed by atoms with Crippen LogP contribution < -0.4 is 5.32 Å². The summed E-state index contributed by atoms with van der Waals surface area (Å²) in [7, 11) is 0. The molecule has 1 N–H and O–H groups in total. The summed E-state index contributed by atoms with van der Waals surface area (Å²) in [6.45, 7) is 3.62. The molecule has 0 spiro atoms. The molecule has 2 aromatic rings. The summed E-state index contributed by atoms with van der Waals surface area (Å²) in [5.74, 6) is 0.0370. The van der Waals surface area contributed by atoms with Gasteiger partial charge in [0, 0.05) is 18.1 Å². The van der Waals surface area contributed by atoms with E-state index >= 15 is 0 Å². The van der Waals surface area contributed by atoms with Crippen molar-refractivity contribution in [1.29, 1.82) is 0 Å². The molecule has 0 aliphatic carbocycles. The lowest BCUT2D eigenvalue weighted by molar-refractivity contribution is 0.0691. The fourth-order valence-corrected chi connectivity index (χ4v) is 3.17. The number of hydrogen-bond acceptors (Lipinski definition) is 3. The molecule has 0 atom stereocenters. The number of likely N-dealkylation sites (tertiary alicyclic amines) is 1. The molecular formula is C19H19Cl2N3O2. The Kier molecular flexibility index (Phi) is 5.79. The van der Waals surface area contributed by atoms with Crippen molar-refractivity contribution in [2.24, 2.45) is 5.92 Å². The minimum absolute atomic E-state index is 0.146. The number of pyridine rings is 1. The van der Waals surface area contributed by atoms with Gasteiger partial charge < -0.3 is 10.2 Å². The van der Waals surface area contributed by atoms with E-state index in [9.17, 15) is 9.59 Å². The van der Waals surface area contributed by atoms with Crippen LogP contribution in [0.5, 0.6) is 0 Å². The quantitative estimate of drug-likeness (QED) is 0.836. The highest BCUT2D eigenvalue weighted by Gasteiger charge is 2.23. The van der Waals surface area contributed by atoms with Crippen LogP contribution in [0.25, 0.3) is 0 Å². The highest BCUT2D eigenvalue weighted by molar-refractivity contribution is 6.35. The minimum Gasteiger partial charge on any atom is -0.337 e. The molecule has 1 aromatic carbocycles. The number of carbonyl (C=O) groups excluding carboxylic acids is 2. The average molecular weight is 392 g/mol. The van der Waals surface area contributed by atoms with Crippen LogP contribution in [0.15, 0.2) is 36.4 Å². The molecule has 0 bridgehead atoms. The monoisotopic (exact) mass is 391 g/mol. The molecule has 1 aromatic heterocycles. The first-order valence-electron chi connectivity index (χ1n) is 8.47. The van der Waals surface area contributed by atoms with Gasteiger partial charge in [-0.05, 0) is 49.1 Å². The van der Waals surface area contributed by atoms with Crippen LogP contribution in [0.1, 0.15) is 40.7 Å². The summed E-state index contributed by atoms with van der Waals surface area (Å²) in [6, 6.07) is 9.64.